The molecule has 4 nitrogen and oxygen atoms in total. The lowest BCUT2D eigenvalue weighted by atomic mass is 10.1. The summed E-state index contributed by atoms with van der Waals surface area (Å²) in [4.78, 5) is 24.8. The van der Waals surface area contributed by atoms with Gasteiger partial charge < -0.3 is 9.64 Å². The van der Waals surface area contributed by atoms with Gasteiger partial charge in [-0.3, -0.25) is 9.59 Å². The first kappa shape index (κ1) is 15.2. The molecule has 1 aromatic rings. The molecule has 0 spiro atoms. The van der Waals surface area contributed by atoms with E-state index in [1.807, 2.05) is 26.0 Å². The van der Waals surface area contributed by atoms with E-state index < -0.39 is 0 Å². The molecule has 0 fully saturated rings. The van der Waals surface area contributed by atoms with Crippen LogP contribution >= 0.6 is 0 Å². The Labute approximate surface area is 114 Å². The molecule has 1 amide bonds. The highest BCUT2D eigenvalue weighted by Crippen LogP contribution is 2.18. The van der Waals surface area contributed by atoms with Gasteiger partial charge in [0.1, 0.15) is 0 Å². The van der Waals surface area contributed by atoms with E-state index in [-0.39, 0.29) is 24.7 Å². The minimum absolute atomic E-state index is 0.0851. The maximum atomic E-state index is 12.0. The van der Waals surface area contributed by atoms with Gasteiger partial charge in [0.2, 0.25) is 5.91 Å². The van der Waals surface area contributed by atoms with Crippen LogP contribution in [0.3, 0.4) is 0 Å². The van der Waals surface area contributed by atoms with Crippen molar-refractivity contribution in [2.24, 2.45) is 0 Å². The quantitative estimate of drug-likeness (QED) is 0.767. The second kappa shape index (κ2) is 6.92. The van der Waals surface area contributed by atoms with Gasteiger partial charge in [0.05, 0.1) is 13.0 Å². The average molecular weight is 263 g/mol. The zero-order valence-electron chi connectivity index (χ0n) is 12.0. The summed E-state index contributed by atoms with van der Waals surface area (Å²) in [5, 5.41) is 0. The van der Waals surface area contributed by atoms with Gasteiger partial charge in [-0.1, -0.05) is 6.07 Å². The molecule has 4 heteroatoms. The second-order valence-corrected chi connectivity index (χ2v) is 4.60. The minimum Gasteiger partial charge on any atom is -0.466 e. The topological polar surface area (TPSA) is 46.6 Å². The van der Waals surface area contributed by atoms with Crippen LogP contribution in [0.1, 0.15) is 30.9 Å². The molecule has 0 aliphatic carbocycles. The number of nitrogens with zero attached hydrogens (tertiary/aromatic N) is 1. The largest absolute Gasteiger partial charge is 0.466 e. The van der Waals surface area contributed by atoms with Gasteiger partial charge in [-0.05, 0) is 44.0 Å². The van der Waals surface area contributed by atoms with Crippen LogP contribution in [0.25, 0.3) is 0 Å². The van der Waals surface area contributed by atoms with E-state index in [1.165, 1.54) is 0 Å². The SMILES string of the molecule is CCOC(=O)CCC(=O)N(C)c1cc(C)cc(C)c1. The summed E-state index contributed by atoms with van der Waals surface area (Å²) in [6.45, 7) is 6.09. The molecule has 0 N–H and O–H groups in total. The predicted octanol–water partition coefficient (Wildman–Crippen LogP) is 2.61. The molecule has 0 saturated heterocycles. The number of rotatable bonds is 5. The van der Waals surface area contributed by atoms with Crippen molar-refractivity contribution in [1.82, 2.24) is 0 Å². The third kappa shape index (κ3) is 4.73. The van der Waals surface area contributed by atoms with Crippen LogP contribution in [0.4, 0.5) is 5.69 Å². The molecule has 0 radical (unpaired) electrons. The molecule has 0 aromatic heterocycles. The van der Waals surface area contributed by atoms with Crippen molar-refractivity contribution < 1.29 is 14.3 Å². The van der Waals surface area contributed by atoms with Gasteiger partial charge in [-0.2, -0.15) is 0 Å². The Morgan fingerprint density at radius 1 is 1.11 bits per heavy atom. The highest BCUT2D eigenvalue weighted by Gasteiger charge is 2.13. The summed E-state index contributed by atoms with van der Waals surface area (Å²) in [5.41, 5.74) is 3.08. The number of hydrogen-bond acceptors (Lipinski definition) is 3. The molecule has 0 aliphatic rings. The van der Waals surface area contributed by atoms with Crippen LogP contribution in [0.5, 0.6) is 0 Å². The summed E-state index contributed by atoms with van der Waals surface area (Å²) in [5.74, 6) is -0.414. The fraction of sp³-hybridized carbons (Fsp3) is 0.467. The Morgan fingerprint density at radius 3 is 2.21 bits per heavy atom. The number of ether oxygens (including phenoxy) is 1. The van der Waals surface area contributed by atoms with E-state index in [2.05, 4.69) is 6.07 Å². The van der Waals surface area contributed by atoms with Gasteiger partial charge in [-0.15, -0.1) is 0 Å². The van der Waals surface area contributed by atoms with Crippen LogP contribution < -0.4 is 4.90 Å². The third-order valence-corrected chi connectivity index (χ3v) is 2.82. The van der Waals surface area contributed by atoms with Crippen LogP contribution in [-0.2, 0) is 14.3 Å². The number of esters is 1. The number of amides is 1. The fourth-order valence-electron chi connectivity index (χ4n) is 1.90. The highest BCUT2D eigenvalue weighted by molar-refractivity contribution is 5.94. The maximum Gasteiger partial charge on any atom is 0.306 e. The normalized spacial score (nSPS) is 10.1. The van der Waals surface area contributed by atoms with Crippen molar-refractivity contribution in [1.29, 1.82) is 0 Å². The van der Waals surface area contributed by atoms with E-state index in [4.69, 9.17) is 4.74 Å². The van der Waals surface area contributed by atoms with Crippen LogP contribution in [0, 0.1) is 13.8 Å². The zero-order chi connectivity index (χ0) is 14.4. The number of anilines is 1. The average Bonchev–Trinajstić information content (AvgIpc) is 2.34. The molecular weight excluding hydrogens is 242 g/mol. The Bertz CT molecular complexity index is 448. The number of carbonyl (C=O) groups excluding carboxylic acids is 2. The number of benzene rings is 1. The van der Waals surface area contributed by atoms with Gasteiger partial charge in [0.25, 0.3) is 0 Å². The molecule has 0 atom stereocenters. The van der Waals surface area contributed by atoms with Crippen LogP contribution in [0.15, 0.2) is 18.2 Å². The standard InChI is InChI=1S/C15H21NO3/c1-5-19-15(18)7-6-14(17)16(4)13-9-11(2)8-12(3)10-13/h8-10H,5-7H2,1-4H3. The number of hydrogen-bond donors (Lipinski definition) is 0. The van der Waals surface area contributed by atoms with Gasteiger partial charge >= 0.3 is 5.97 Å². The van der Waals surface area contributed by atoms with Crippen LogP contribution in [0.2, 0.25) is 0 Å². The molecule has 1 aromatic carbocycles. The number of carbonyl (C=O) groups is 2. The lowest BCUT2D eigenvalue weighted by molar-refractivity contribution is -0.144. The molecule has 0 aliphatic heterocycles. The Balaban J connectivity index is 2.63. The molecular formula is C15H21NO3. The summed E-state index contributed by atoms with van der Waals surface area (Å²) in [6, 6.07) is 5.96. The Hall–Kier alpha value is -1.84. The van der Waals surface area contributed by atoms with Crippen molar-refractivity contribution in [2.45, 2.75) is 33.6 Å². The van der Waals surface area contributed by atoms with Gasteiger partial charge in [-0.25, -0.2) is 0 Å². The van der Waals surface area contributed by atoms with Crippen molar-refractivity contribution in [3.05, 3.63) is 29.3 Å². The first-order chi connectivity index (χ1) is 8.93. The predicted molar refractivity (Wildman–Crippen MR) is 75.2 cm³/mol. The monoisotopic (exact) mass is 263 g/mol. The lowest BCUT2D eigenvalue weighted by Crippen LogP contribution is -2.27. The van der Waals surface area contributed by atoms with Gasteiger partial charge in [0.15, 0.2) is 0 Å². The first-order valence-electron chi connectivity index (χ1n) is 6.44. The summed E-state index contributed by atoms with van der Waals surface area (Å²) < 4.78 is 4.81. The molecule has 0 bridgehead atoms. The van der Waals surface area contributed by atoms with Crippen molar-refractivity contribution in [3.63, 3.8) is 0 Å². The number of aryl methyl sites for hydroxylation is 2. The second-order valence-electron chi connectivity index (χ2n) is 4.60. The van der Waals surface area contributed by atoms with Gasteiger partial charge in [0, 0.05) is 19.2 Å². The molecule has 1 rings (SSSR count). The van der Waals surface area contributed by atoms with Crippen molar-refractivity contribution in [3.8, 4) is 0 Å². The van der Waals surface area contributed by atoms with Crippen molar-refractivity contribution >= 4 is 17.6 Å². The van der Waals surface area contributed by atoms with E-state index in [1.54, 1.807) is 18.9 Å². The molecule has 0 heterocycles. The summed E-state index contributed by atoms with van der Waals surface area (Å²) >= 11 is 0. The molecule has 0 unspecified atom stereocenters. The zero-order valence-corrected chi connectivity index (χ0v) is 12.0. The smallest absolute Gasteiger partial charge is 0.306 e. The lowest BCUT2D eigenvalue weighted by Gasteiger charge is -2.18. The third-order valence-electron chi connectivity index (χ3n) is 2.82. The Kier molecular flexibility index (Phi) is 5.55. The van der Waals surface area contributed by atoms with E-state index in [0.29, 0.717) is 6.61 Å². The van der Waals surface area contributed by atoms with E-state index in [9.17, 15) is 9.59 Å². The summed E-state index contributed by atoms with van der Waals surface area (Å²) in [7, 11) is 1.72. The molecule has 19 heavy (non-hydrogen) atoms. The molecule has 104 valence electrons. The molecule has 0 saturated carbocycles. The van der Waals surface area contributed by atoms with Crippen LogP contribution in [-0.4, -0.2) is 25.5 Å². The van der Waals surface area contributed by atoms with E-state index in [0.717, 1.165) is 16.8 Å². The summed E-state index contributed by atoms with van der Waals surface area (Å²) in [6.07, 6.45) is 0.296. The fourth-order valence-corrected chi connectivity index (χ4v) is 1.90. The van der Waals surface area contributed by atoms with E-state index >= 15 is 0 Å². The highest BCUT2D eigenvalue weighted by atomic mass is 16.5. The minimum atomic E-state index is -0.329. The Morgan fingerprint density at radius 2 is 1.68 bits per heavy atom. The maximum absolute atomic E-state index is 12.0. The van der Waals surface area contributed by atoms with Crippen molar-refractivity contribution in [2.75, 3.05) is 18.6 Å². The first-order valence-corrected chi connectivity index (χ1v) is 6.44.